The molecule has 0 aliphatic carbocycles. The van der Waals surface area contributed by atoms with Gasteiger partial charge in [0.25, 0.3) is 0 Å². The molecule has 1 aromatic rings. The molecular formula is C10H10BrCl2NO2. The Balaban J connectivity index is 2.82. The van der Waals surface area contributed by atoms with Crippen LogP contribution in [0.5, 0.6) is 0 Å². The molecule has 0 aliphatic rings. The SMILES string of the molecule is CC(CC(=O)O)Nc1ccc(Br)c(Cl)c1Cl. The maximum atomic E-state index is 10.5. The molecule has 0 aromatic heterocycles. The van der Waals surface area contributed by atoms with E-state index in [1.54, 1.807) is 19.1 Å². The van der Waals surface area contributed by atoms with Crippen molar-refractivity contribution >= 4 is 50.8 Å². The molecule has 2 N–H and O–H groups in total. The smallest absolute Gasteiger partial charge is 0.305 e. The molecule has 0 fully saturated rings. The van der Waals surface area contributed by atoms with Gasteiger partial charge in [-0.15, -0.1) is 0 Å². The molecule has 0 amide bonds. The number of nitrogens with one attached hydrogen (secondary N) is 1. The van der Waals surface area contributed by atoms with E-state index in [0.29, 0.717) is 20.2 Å². The average Bonchev–Trinajstić information content (AvgIpc) is 2.18. The number of carboxylic acid groups (broad SMARTS) is 1. The van der Waals surface area contributed by atoms with Gasteiger partial charge in [-0.2, -0.15) is 0 Å². The Kier molecular flexibility index (Phi) is 4.89. The fourth-order valence-corrected chi connectivity index (χ4v) is 2.04. The number of benzene rings is 1. The van der Waals surface area contributed by atoms with E-state index < -0.39 is 5.97 Å². The number of aliphatic carboxylic acids is 1. The van der Waals surface area contributed by atoms with Gasteiger partial charge in [0.05, 0.1) is 22.2 Å². The van der Waals surface area contributed by atoms with Crippen LogP contribution in [0.25, 0.3) is 0 Å². The first kappa shape index (κ1) is 13.6. The van der Waals surface area contributed by atoms with E-state index >= 15 is 0 Å². The summed E-state index contributed by atoms with van der Waals surface area (Å²) >= 11 is 15.2. The fourth-order valence-electron chi connectivity index (χ4n) is 1.22. The van der Waals surface area contributed by atoms with Gasteiger partial charge in [0, 0.05) is 10.5 Å². The van der Waals surface area contributed by atoms with Crippen LogP contribution in [0, 0.1) is 0 Å². The molecule has 1 aromatic carbocycles. The zero-order valence-electron chi connectivity index (χ0n) is 8.43. The van der Waals surface area contributed by atoms with E-state index in [4.69, 9.17) is 28.3 Å². The van der Waals surface area contributed by atoms with Crippen LogP contribution in [0.3, 0.4) is 0 Å². The van der Waals surface area contributed by atoms with Gasteiger partial charge in [-0.25, -0.2) is 0 Å². The standard InChI is InChI=1S/C10H10BrCl2NO2/c1-5(4-8(15)16)14-7-3-2-6(11)9(12)10(7)13/h2-3,5,14H,4H2,1H3,(H,15,16). The molecule has 0 bridgehead atoms. The third-order valence-corrected chi connectivity index (χ3v) is 3.69. The zero-order valence-corrected chi connectivity index (χ0v) is 11.5. The lowest BCUT2D eigenvalue weighted by Crippen LogP contribution is -2.19. The predicted octanol–water partition coefficient (Wildman–Crippen LogP) is 4.03. The zero-order chi connectivity index (χ0) is 12.3. The van der Waals surface area contributed by atoms with Gasteiger partial charge in [0.15, 0.2) is 0 Å². The molecule has 0 saturated heterocycles. The Morgan fingerprint density at radius 2 is 2.12 bits per heavy atom. The van der Waals surface area contributed by atoms with Crippen LogP contribution in [0.2, 0.25) is 10.0 Å². The monoisotopic (exact) mass is 325 g/mol. The van der Waals surface area contributed by atoms with Crippen molar-refractivity contribution in [1.29, 1.82) is 0 Å². The van der Waals surface area contributed by atoms with Crippen LogP contribution in [0.15, 0.2) is 16.6 Å². The molecule has 0 heterocycles. The van der Waals surface area contributed by atoms with Gasteiger partial charge in [-0.1, -0.05) is 23.2 Å². The topological polar surface area (TPSA) is 49.3 Å². The van der Waals surface area contributed by atoms with Crippen molar-refractivity contribution in [3.05, 3.63) is 26.7 Å². The second kappa shape index (κ2) is 5.75. The molecular weight excluding hydrogens is 317 g/mol. The molecule has 6 heteroatoms. The van der Waals surface area contributed by atoms with Crippen molar-refractivity contribution in [2.45, 2.75) is 19.4 Å². The third kappa shape index (κ3) is 3.54. The summed E-state index contributed by atoms with van der Waals surface area (Å²) in [7, 11) is 0. The lowest BCUT2D eigenvalue weighted by molar-refractivity contribution is -0.137. The third-order valence-electron chi connectivity index (χ3n) is 1.92. The second-order valence-corrected chi connectivity index (χ2v) is 4.98. The number of carboxylic acids is 1. The molecule has 3 nitrogen and oxygen atoms in total. The highest BCUT2D eigenvalue weighted by atomic mass is 79.9. The van der Waals surface area contributed by atoms with E-state index in [0.717, 1.165) is 0 Å². The number of halogens is 3. The van der Waals surface area contributed by atoms with Gasteiger partial charge in [-0.05, 0) is 35.0 Å². The Morgan fingerprint density at radius 1 is 1.50 bits per heavy atom. The first-order valence-corrected chi connectivity index (χ1v) is 6.08. The minimum absolute atomic E-state index is 0.0179. The number of anilines is 1. The number of carbonyl (C=O) groups is 1. The first-order valence-electron chi connectivity index (χ1n) is 4.53. The average molecular weight is 327 g/mol. The van der Waals surface area contributed by atoms with Crippen molar-refractivity contribution in [2.75, 3.05) is 5.32 Å². The largest absolute Gasteiger partial charge is 0.481 e. The fraction of sp³-hybridized carbons (Fsp3) is 0.300. The van der Waals surface area contributed by atoms with Crippen molar-refractivity contribution in [3.8, 4) is 0 Å². The molecule has 88 valence electrons. The molecule has 1 unspecified atom stereocenters. The van der Waals surface area contributed by atoms with Crippen LogP contribution in [-0.2, 0) is 4.79 Å². The minimum atomic E-state index is -0.862. The van der Waals surface area contributed by atoms with Crippen molar-refractivity contribution in [2.24, 2.45) is 0 Å². The van der Waals surface area contributed by atoms with Gasteiger partial charge in [0.1, 0.15) is 0 Å². The van der Waals surface area contributed by atoms with Gasteiger partial charge in [-0.3, -0.25) is 4.79 Å². The van der Waals surface area contributed by atoms with Crippen molar-refractivity contribution < 1.29 is 9.90 Å². The maximum Gasteiger partial charge on any atom is 0.305 e. The molecule has 1 rings (SSSR count). The lowest BCUT2D eigenvalue weighted by Gasteiger charge is -2.15. The van der Waals surface area contributed by atoms with E-state index in [9.17, 15) is 4.79 Å². The first-order chi connectivity index (χ1) is 7.41. The number of hydrogen-bond acceptors (Lipinski definition) is 2. The summed E-state index contributed by atoms with van der Waals surface area (Å²) in [5.41, 5.74) is 0.628. The van der Waals surface area contributed by atoms with Crippen LogP contribution >= 0.6 is 39.1 Å². The highest BCUT2D eigenvalue weighted by Crippen LogP contribution is 2.36. The highest BCUT2D eigenvalue weighted by molar-refractivity contribution is 9.10. The number of rotatable bonds is 4. The van der Waals surface area contributed by atoms with Crippen molar-refractivity contribution in [1.82, 2.24) is 0 Å². The second-order valence-electron chi connectivity index (χ2n) is 3.37. The molecule has 16 heavy (non-hydrogen) atoms. The summed E-state index contributed by atoms with van der Waals surface area (Å²) in [6.45, 7) is 1.76. The summed E-state index contributed by atoms with van der Waals surface area (Å²) < 4.78 is 0.704. The number of hydrogen-bond donors (Lipinski definition) is 2. The Hall–Kier alpha value is -0.450. The summed E-state index contributed by atoms with van der Waals surface area (Å²) in [6.07, 6.45) is 0.0179. The Labute approximate surface area is 112 Å². The molecule has 0 radical (unpaired) electrons. The van der Waals surface area contributed by atoms with Crippen LogP contribution in [0.4, 0.5) is 5.69 Å². The summed E-state index contributed by atoms with van der Waals surface area (Å²) in [6, 6.07) is 3.29. The highest BCUT2D eigenvalue weighted by Gasteiger charge is 2.12. The van der Waals surface area contributed by atoms with Crippen LogP contribution in [-0.4, -0.2) is 17.1 Å². The molecule has 0 spiro atoms. The predicted molar refractivity (Wildman–Crippen MR) is 69.5 cm³/mol. The van der Waals surface area contributed by atoms with Gasteiger partial charge < -0.3 is 10.4 Å². The molecule has 1 atom stereocenters. The van der Waals surface area contributed by atoms with Crippen molar-refractivity contribution in [3.63, 3.8) is 0 Å². The summed E-state index contributed by atoms with van der Waals surface area (Å²) in [5.74, 6) is -0.862. The summed E-state index contributed by atoms with van der Waals surface area (Å²) in [4.78, 5) is 10.5. The van der Waals surface area contributed by atoms with Gasteiger partial charge >= 0.3 is 5.97 Å². The Bertz CT molecular complexity index is 412. The molecule has 0 aliphatic heterocycles. The summed E-state index contributed by atoms with van der Waals surface area (Å²) in [5, 5.41) is 12.4. The minimum Gasteiger partial charge on any atom is -0.481 e. The lowest BCUT2D eigenvalue weighted by atomic mass is 10.2. The van der Waals surface area contributed by atoms with E-state index in [1.807, 2.05) is 0 Å². The maximum absolute atomic E-state index is 10.5. The van der Waals surface area contributed by atoms with E-state index in [1.165, 1.54) is 0 Å². The Morgan fingerprint density at radius 3 is 2.69 bits per heavy atom. The van der Waals surface area contributed by atoms with Gasteiger partial charge in [0.2, 0.25) is 0 Å². The van der Waals surface area contributed by atoms with Crippen LogP contribution in [0.1, 0.15) is 13.3 Å². The van der Waals surface area contributed by atoms with Crippen LogP contribution < -0.4 is 5.32 Å². The quantitative estimate of drug-likeness (QED) is 0.821. The molecule has 0 saturated carbocycles. The van der Waals surface area contributed by atoms with E-state index in [-0.39, 0.29) is 12.5 Å². The normalized spacial score (nSPS) is 12.2. The van der Waals surface area contributed by atoms with E-state index in [2.05, 4.69) is 21.2 Å².